The molecule has 0 aromatic rings. The van der Waals surface area contributed by atoms with Crippen molar-refractivity contribution in [2.24, 2.45) is 0 Å². The van der Waals surface area contributed by atoms with Gasteiger partial charge in [-0.25, -0.2) is 9.59 Å². The third-order valence-electron chi connectivity index (χ3n) is 2.10. The van der Waals surface area contributed by atoms with Crippen LogP contribution in [-0.2, 0) is 0 Å². The van der Waals surface area contributed by atoms with Crippen molar-refractivity contribution in [3.8, 4) is 0 Å². The van der Waals surface area contributed by atoms with Crippen molar-refractivity contribution in [3.63, 3.8) is 0 Å². The Balaban J connectivity index is 2.10. The molecule has 0 aliphatic carbocycles. The molecule has 4 amide bonds. The Kier molecular flexibility index (Phi) is 1.73. The number of carbonyl (C=O) groups is 2. The maximum absolute atomic E-state index is 11.2. The van der Waals surface area contributed by atoms with Gasteiger partial charge in [-0.05, 0) is 0 Å². The molecule has 2 rings (SSSR count). The van der Waals surface area contributed by atoms with Gasteiger partial charge in [0.05, 0.1) is 6.61 Å². The van der Waals surface area contributed by atoms with Gasteiger partial charge in [0.25, 0.3) is 0 Å². The maximum atomic E-state index is 11.2. The third-order valence-corrected chi connectivity index (χ3v) is 2.10. The second-order valence-electron chi connectivity index (χ2n) is 2.91. The van der Waals surface area contributed by atoms with E-state index in [1.54, 1.807) is 0 Å². The standard InChI is InChI=1S/C6H10N4O3/c11-2-1-10-4-3(8-6(10)13)7-5(12)9-4/h3-4,11H,1-2H2,(H,8,13)(H2,7,9,12)/t3-,4-/m0/s1. The highest BCUT2D eigenvalue weighted by Crippen LogP contribution is 2.12. The van der Waals surface area contributed by atoms with Crippen LogP contribution < -0.4 is 16.0 Å². The number of nitrogens with one attached hydrogen (secondary N) is 3. The van der Waals surface area contributed by atoms with E-state index >= 15 is 0 Å². The molecule has 2 saturated heterocycles. The molecule has 7 nitrogen and oxygen atoms in total. The van der Waals surface area contributed by atoms with Gasteiger partial charge in [-0.2, -0.15) is 0 Å². The first kappa shape index (κ1) is 8.11. The van der Waals surface area contributed by atoms with Crippen LogP contribution in [0.5, 0.6) is 0 Å². The Hall–Kier alpha value is -1.50. The number of amides is 4. The second-order valence-corrected chi connectivity index (χ2v) is 2.91. The molecule has 2 aliphatic rings. The number of nitrogens with zero attached hydrogens (tertiary/aromatic N) is 1. The lowest BCUT2D eigenvalue weighted by atomic mass is 10.4. The van der Waals surface area contributed by atoms with Crippen LogP contribution in [-0.4, -0.2) is 47.6 Å². The molecule has 72 valence electrons. The minimum Gasteiger partial charge on any atom is -0.395 e. The maximum Gasteiger partial charge on any atom is 0.320 e. The van der Waals surface area contributed by atoms with Crippen molar-refractivity contribution in [1.29, 1.82) is 0 Å². The number of fused-ring (bicyclic) bond motifs is 1. The van der Waals surface area contributed by atoms with Crippen molar-refractivity contribution in [3.05, 3.63) is 0 Å². The predicted octanol–water partition coefficient (Wildman–Crippen LogP) is -2.03. The van der Waals surface area contributed by atoms with Gasteiger partial charge >= 0.3 is 12.1 Å². The Morgan fingerprint density at radius 3 is 2.77 bits per heavy atom. The number of rotatable bonds is 2. The summed E-state index contributed by atoms with van der Waals surface area (Å²) in [5.74, 6) is 0. The van der Waals surface area contributed by atoms with E-state index in [2.05, 4.69) is 16.0 Å². The Morgan fingerprint density at radius 2 is 2.08 bits per heavy atom. The molecule has 2 aliphatic heterocycles. The Labute approximate surface area is 74.1 Å². The number of β-amino-alcohol motifs (C(OH)–C–C–N with tert-alkyl or cyclic N) is 1. The minimum absolute atomic E-state index is 0.119. The summed E-state index contributed by atoms with van der Waals surface area (Å²) in [5, 5.41) is 16.3. The van der Waals surface area contributed by atoms with Crippen LogP contribution in [0.15, 0.2) is 0 Å². The van der Waals surface area contributed by atoms with Gasteiger partial charge in [-0.1, -0.05) is 0 Å². The third kappa shape index (κ3) is 1.17. The van der Waals surface area contributed by atoms with Crippen LogP contribution in [0.3, 0.4) is 0 Å². The van der Waals surface area contributed by atoms with Crippen LogP contribution in [0, 0.1) is 0 Å². The van der Waals surface area contributed by atoms with Gasteiger partial charge in [0.15, 0.2) is 0 Å². The van der Waals surface area contributed by atoms with Gasteiger partial charge in [-0.3, -0.25) is 4.90 Å². The zero-order valence-electron chi connectivity index (χ0n) is 6.78. The van der Waals surface area contributed by atoms with Crippen LogP contribution in [0.1, 0.15) is 0 Å². The smallest absolute Gasteiger partial charge is 0.320 e. The summed E-state index contributed by atoms with van der Waals surface area (Å²) >= 11 is 0. The number of hydrogen-bond acceptors (Lipinski definition) is 3. The van der Waals surface area contributed by atoms with Crippen molar-refractivity contribution >= 4 is 12.1 Å². The summed E-state index contributed by atoms with van der Waals surface area (Å²) in [4.78, 5) is 23.4. The lowest BCUT2D eigenvalue weighted by molar-refractivity contribution is 0.171. The van der Waals surface area contributed by atoms with Gasteiger partial charge < -0.3 is 21.1 Å². The predicted molar refractivity (Wildman–Crippen MR) is 41.6 cm³/mol. The van der Waals surface area contributed by atoms with E-state index in [0.29, 0.717) is 0 Å². The van der Waals surface area contributed by atoms with Gasteiger partial charge in [0.2, 0.25) is 0 Å². The molecule has 0 unspecified atom stereocenters. The zero-order valence-corrected chi connectivity index (χ0v) is 6.78. The lowest BCUT2D eigenvalue weighted by Crippen LogP contribution is -2.44. The van der Waals surface area contributed by atoms with Crippen molar-refractivity contribution < 1.29 is 14.7 Å². The summed E-state index contributed by atoms with van der Waals surface area (Å²) in [6.45, 7) is 0.0987. The minimum atomic E-state index is -0.383. The summed E-state index contributed by atoms with van der Waals surface area (Å²) in [7, 11) is 0. The molecule has 0 aromatic heterocycles. The number of aliphatic hydroxyl groups is 1. The van der Waals surface area contributed by atoms with E-state index in [0.717, 1.165) is 0 Å². The first-order chi connectivity index (χ1) is 6.22. The number of aliphatic hydroxyl groups excluding tert-OH is 1. The first-order valence-electron chi connectivity index (χ1n) is 3.97. The van der Waals surface area contributed by atoms with Crippen LogP contribution in [0.2, 0.25) is 0 Å². The summed E-state index contributed by atoms with van der Waals surface area (Å²) in [6, 6.07) is -0.588. The number of urea groups is 2. The van der Waals surface area contributed by atoms with Gasteiger partial charge in [0.1, 0.15) is 12.3 Å². The SMILES string of the molecule is O=C1N[C@H]2NC(=O)N(CCO)[C@@H]2N1. The molecular formula is C6H10N4O3. The molecule has 2 heterocycles. The lowest BCUT2D eigenvalue weighted by Gasteiger charge is -2.19. The monoisotopic (exact) mass is 186 g/mol. The van der Waals surface area contributed by atoms with E-state index in [9.17, 15) is 9.59 Å². The highest BCUT2D eigenvalue weighted by Gasteiger charge is 2.44. The van der Waals surface area contributed by atoms with Crippen molar-refractivity contribution in [2.45, 2.75) is 12.3 Å². The summed E-state index contributed by atoms with van der Waals surface area (Å²) in [5.41, 5.74) is 0. The van der Waals surface area contributed by atoms with E-state index in [1.807, 2.05) is 0 Å². The molecule has 2 atom stereocenters. The van der Waals surface area contributed by atoms with Crippen LogP contribution in [0.4, 0.5) is 9.59 Å². The normalized spacial score (nSPS) is 31.0. The van der Waals surface area contributed by atoms with Crippen LogP contribution >= 0.6 is 0 Å². The zero-order chi connectivity index (χ0) is 9.42. The molecule has 0 radical (unpaired) electrons. The van der Waals surface area contributed by atoms with Crippen molar-refractivity contribution in [1.82, 2.24) is 20.9 Å². The van der Waals surface area contributed by atoms with E-state index in [-0.39, 0.29) is 37.5 Å². The van der Waals surface area contributed by atoms with E-state index in [4.69, 9.17) is 5.11 Å². The van der Waals surface area contributed by atoms with E-state index in [1.165, 1.54) is 4.90 Å². The molecule has 0 bridgehead atoms. The Morgan fingerprint density at radius 1 is 1.31 bits per heavy atom. The van der Waals surface area contributed by atoms with Gasteiger partial charge in [-0.15, -0.1) is 0 Å². The van der Waals surface area contributed by atoms with E-state index < -0.39 is 0 Å². The average Bonchev–Trinajstić information content (AvgIpc) is 2.52. The summed E-state index contributed by atoms with van der Waals surface area (Å²) < 4.78 is 0. The molecule has 0 spiro atoms. The fourth-order valence-corrected chi connectivity index (χ4v) is 1.54. The molecule has 2 fully saturated rings. The second kappa shape index (κ2) is 2.77. The Bertz CT molecular complexity index is 256. The fraction of sp³-hybridized carbons (Fsp3) is 0.667. The molecule has 0 saturated carbocycles. The number of carbonyl (C=O) groups excluding carboxylic acids is 2. The topological polar surface area (TPSA) is 93.7 Å². The highest BCUT2D eigenvalue weighted by atomic mass is 16.3. The fourth-order valence-electron chi connectivity index (χ4n) is 1.54. The quantitative estimate of drug-likeness (QED) is 0.400. The molecule has 0 aromatic carbocycles. The highest BCUT2D eigenvalue weighted by molar-refractivity contribution is 5.84. The average molecular weight is 186 g/mol. The van der Waals surface area contributed by atoms with Crippen LogP contribution in [0.25, 0.3) is 0 Å². The molecule has 13 heavy (non-hydrogen) atoms. The first-order valence-corrected chi connectivity index (χ1v) is 3.97. The molecule has 7 heteroatoms. The molecular weight excluding hydrogens is 176 g/mol. The summed E-state index contributed by atoms with van der Waals surface area (Å²) in [6.07, 6.45) is -0.765. The largest absolute Gasteiger partial charge is 0.395 e. The van der Waals surface area contributed by atoms with Crippen molar-refractivity contribution in [2.75, 3.05) is 13.2 Å². The van der Waals surface area contributed by atoms with Gasteiger partial charge in [0, 0.05) is 6.54 Å². The number of hydrogen-bond donors (Lipinski definition) is 4. The molecule has 4 N–H and O–H groups in total.